The highest BCUT2D eigenvalue weighted by atomic mass is 16.7. The Morgan fingerprint density at radius 1 is 1.25 bits per heavy atom. The van der Waals surface area contributed by atoms with Gasteiger partial charge in [-0.1, -0.05) is 46.7 Å². The highest BCUT2D eigenvalue weighted by Gasteiger charge is 2.42. The Hall–Kier alpha value is -2.28. The topological polar surface area (TPSA) is 128 Å². The zero-order valence-corrected chi connectivity index (χ0v) is 17.5. The van der Waals surface area contributed by atoms with Gasteiger partial charge in [-0.15, -0.1) is 0 Å². The molecule has 0 radical (unpaired) electrons. The molecule has 1 fully saturated rings. The summed E-state index contributed by atoms with van der Waals surface area (Å²) in [4.78, 5) is 39.1. The van der Waals surface area contributed by atoms with Crippen LogP contribution in [0.25, 0.3) is 10.4 Å². The van der Waals surface area contributed by atoms with E-state index >= 15 is 0 Å². The summed E-state index contributed by atoms with van der Waals surface area (Å²) in [7, 11) is 0. The summed E-state index contributed by atoms with van der Waals surface area (Å²) in [6, 6.07) is -0.718. The molecule has 0 aromatic carbocycles. The Bertz CT molecular complexity index is 613. The number of hydrogen-bond acceptors (Lipinski definition) is 7. The van der Waals surface area contributed by atoms with Crippen molar-refractivity contribution >= 4 is 18.1 Å². The molecule has 0 saturated carbocycles. The largest absolute Gasteiger partial charge is 0.516 e. The standard InChI is InChI=1S/C19H31N3O6/c1-10(2)9-26-19(25)28-18(24)13(11(3)4)7-15(21-22-20)16-8-14(12(5)6)17(23)27-16/h10-16H,7-9H2,1-6H3/t13-,14-,15+,16-/m0/s1. The summed E-state index contributed by atoms with van der Waals surface area (Å²) >= 11 is 0. The SMILES string of the molecule is CC(C)COC(=O)OC(=O)[C@@H](C[C@@H](N=[N+]=[N-])[C@@H]1C[C@@H](C(C)C)C(=O)O1)C(C)C. The molecular formula is C19H31N3O6. The number of nitrogens with zero attached hydrogens (tertiary/aromatic N) is 3. The minimum absolute atomic E-state index is 0.103. The van der Waals surface area contributed by atoms with Crippen LogP contribution in [0.5, 0.6) is 0 Å². The average Bonchev–Trinajstić information content (AvgIpc) is 2.98. The third-order valence-electron chi connectivity index (χ3n) is 4.81. The van der Waals surface area contributed by atoms with E-state index in [1.54, 1.807) is 13.8 Å². The summed E-state index contributed by atoms with van der Waals surface area (Å²) in [5.74, 6) is -2.00. The molecule has 4 atom stereocenters. The van der Waals surface area contributed by atoms with E-state index in [4.69, 9.17) is 19.7 Å². The molecule has 0 bridgehead atoms. The smallest absolute Gasteiger partial charge is 0.462 e. The first-order chi connectivity index (χ1) is 13.1. The fraction of sp³-hybridized carbons (Fsp3) is 0.842. The second-order valence-corrected chi connectivity index (χ2v) is 8.30. The normalized spacial score (nSPS) is 21.2. The van der Waals surface area contributed by atoms with Gasteiger partial charge in [-0.05, 0) is 36.1 Å². The van der Waals surface area contributed by atoms with Gasteiger partial charge in [0.15, 0.2) is 0 Å². The molecule has 9 heteroatoms. The van der Waals surface area contributed by atoms with Crippen LogP contribution in [0.4, 0.5) is 4.79 Å². The van der Waals surface area contributed by atoms with E-state index in [0.29, 0.717) is 6.42 Å². The molecule has 0 N–H and O–H groups in total. The van der Waals surface area contributed by atoms with Gasteiger partial charge in [0.1, 0.15) is 6.10 Å². The minimum Gasteiger partial charge on any atom is -0.462 e. The Kier molecular flexibility index (Phi) is 9.25. The van der Waals surface area contributed by atoms with Crippen LogP contribution in [0, 0.1) is 29.6 Å². The molecule has 1 saturated heterocycles. The molecular weight excluding hydrogens is 366 g/mol. The molecule has 158 valence electrons. The van der Waals surface area contributed by atoms with E-state index < -0.39 is 30.2 Å². The first-order valence-electron chi connectivity index (χ1n) is 9.69. The van der Waals surface area contributed by atoms with E-state index in [9.17, 15) is 14.4 Å². The van der Waals surface area contributed by atoms with Crippen molar-refractivity contribution in [1.29, 1.82) is 0 Å². The summed E-state index contributed by atoms with van der Waals surface area (Å²) in [5, 5.41) is 3.76. The van der Waals surface area contributed by atoms with Crippen molar-refractivity contribution in [3.05, 3.63) is 10.4 Å². The quantitative estimate of drug-likeness (QED) is 0.188. The van der Waals surface area contributed by atoms with Crippen LogP contribution < -0.4 is 0 Å². The minimum atomic E-state index is -1.04. The van der Waals surface area contributed by atoms with Crippen LogP contribution in [0.1, 0.15) is 54.4 Å². The number of cyclic esters (lactones) is 1. The van der Waals surface area contributed by atoms with E-state index in [-0.39, 0.29) is 42.7 Å². The van der Waals surface area contributed by atoms with Gasteiger partial charge in [0.2, 0.25) is 0 Å². The highest BCUT2D eigenvalue weighted by Crippen LogP contribution is 2.33. The molecule has 1 aliphatic rings. The molecule has 0 aromatic rings. The first kappa shape index (κ1) is 23.8. The van der Waals surface area contributed by atoms with Crippen molar-refractivity contribution in [1.82, 2.24) is 0 Å². The van der Waals surface area contributed by atoms with Crippen LogP contribution in [-0.4, -0.2) is 36.8 Å². The molecule has 1 heterocycles. The van der Waals surface area contributed by atoms with Crippen LogP contribution >= 0.6 is 0 Å². The second kappa shape index (κ2) is 10.9. The number of ether oxygens (including phenoxy) is 3. The van der Waals surface area contributed by atoms with E-state index in [0.717, 1.165) is 0 Å². The number of hydrogen-bond donors (Lipinski definition) is 0. The maximum absolute atomic E-state index is 12.5. The molecule has 1 rings (SSSR count). The Balaban J connectivity index is 2.83. The van der Waals surface area contributed by atoms with Crippen molar-refractivity contribution in [3.8, 4) is 0 Å². The van der Waals surface area contributed by atoms with Crippen LogP contribution in [0.2, 0.25) is 0 Å². The predicted molar refractivity (Wildman–Crippen MR) is 101 cm³/mol. The Morgan fingerprint density at radius 2 is 1.89 bits per heavy atom. The molecule has 1 aliphatic heterocycles. The van der Waals surface area contributed by atoms with Gasteiger partial charge in [-0.25, -0.2) is 4.79 Å². The number of carbonyl (C=O) groups is 3. The Labute approximate surface area is 165 Å². The summed E-state index contributed by atoms with van der Waals surface area (Å²) in [5.41, 5.74) is 8.92. The van der Waals surface area contributed by atoms with Gasteiger partial charge < -0.3 is 14.2 Å². The second-order valence-electron chi connectivity index (χ2n) is 8.30. The zero-order chi connectivity index (χ0) is 21.4. The fourth-order valence-corrected chi connectivity index (χ4v) is 3.07. The van der Waals surface area contributed by atoms with Crippen molar-refractivity contribution in [2.75, 3.05) is 6.61 Å². The number of rotatable bonds is 9. The summed E-state index contributed by atoms with van der Waals surface area (Å²) < 4.78 is 15.1. The van der Waals surface area contributed by atoms with Crippen molar-refractivity contribution in [2.24, 2.45) is 34.7 Å². The van der Waals surface area contributed by atoms with E-state index in [1.165, 1.54) is 0 Å². The number of esters is 2. The Morgan fingerprint density at radius 3 is 2.36 bits per heavy atom. The lowest BCUT2D eigenvalue weighted by molar-refractivity contribution is -0.147. The molecule has 0 aromatic heterocycles. The lowest BCUT2D eigenvalue weighted by atomic mass is 9.85. The van der Waals surface area contributed by atoms with E-state index in [1.807, 2.05) is 27.7 Å². The fourth-order valence-electron chi connectivity index (χ4n) is 3.07. The van der Waals surface area contributed by atoms with E-state index in [2.05, 4.69) is 10.0 Å². The van der Waals surface area contributed by atoms with Crippen LogP contribution in [-0.2, 0) is 23.8 Å². The van der Waals surface area contributed by atoms with Gasteiger partial charge in [0.05, 0.1) is 24.5 Å². The third kappa shape index (κ3) is 7.03. The lowest BCUT2D eigenvalue weighted by Crippen LogP contribution is -2.33. The maximum atomic E-state index is 12.5. The average molecular weight is 397 g/mol. The van der Waals surface area contributed by atoms with Crippen molar-refractivity contribution in [3.63, 3.8) is 0 Å². The van der Waals surface area contributed by atoms with Crippen molar-refractivity contribution in [2.45, 2.75) is 66.5 Å². The van der Waals surface area contributed by atoms with Gasteiger partial charge in [-0.3, -0.25) is 9.59 Å². The zero-order valence-electron chi connectivity index (χ0n) is 17.5. The highest BCUT2D eigenvalue weighted by molar-refractivity contribution is 5.83. The molecule has 0 amide bonds. The van der Waals surface area contributed by atoms with Gasteiger partial charge in [0.25, 0.3) is 0 Å². The van der Waals surface area contributed by atoms with Crippen LogP contribution in [0.15, 0.2) is 5.11 Å². The molecule has 28 heavy (non-hydrogen) atoms. The lowest BCUT2D eigenvalue weighted by Gasteiger charge is -2.24. The summed E-state index contributed by atoms with van der Waals surface area (Å²) in [6.07, 6.45) is -1.10. The van der Waals surface area contributed by atoms with Crippen molar-refractivity contribution < 1.29 is 28.6 Å². The first-order valence-corrected chi connectivity index (χ1v) is 9.69. The predicted octanol–water partition coefficient (Wildman–Crippen LogP) is 4.25. The van der Waals surface area contributed by atoms with Gasteiger partial charge >= 0.3 is 18.1 Å². The molecule has 0 aliphatic carbocycles. The maximum Gasteiger partial charge on any atom is 0.516 e. The number of carbonyl (C=O) groups excluding carboxylic acids is 3. The molecule has 0 unspecified atom stereocenters. The number of azide groups is 1. The molecule has 0 spiro atoms. The monoisotopic (exact) mass is 397 g/mol. The van der Waals surface area contributed by atoms with Gasteiger partial charge in [0, 0.05) is 4.91 Å². The third-order valence-corrected chi connectivity index (χ3v) is 4.81. The van der Waals surface area contributed by atoms with Gasteiger partial charge in [-0.2, -0.15) is 0 Å². The molecule has 9 nitrogen and oxygen atoms in total. The summed E-state index contributed by atoms with van der Waals surface area (Å²) in [6.45, 7) is 11.3. The van der Waals surface area contributed by atoms with Crippen LogP contribution in [0.3, 0.4) is 0 Å².